The summed E-state index contributed by atoms with van der Waals surface area (Å²) < 4.78 is 11.0. The average Bonchev–Trinajstić information content (AvgIpc) is 2.70. The van der Waals surface area contributed by atoms with E-state index >= 15 is 0 Å². The van der Waals surface area contributed by atoms with E-state index in [-0.39, 0.29) is 5.92 Å². The number of halogens is 1. The molecular formula is C22H27ClN4O2. The van der Waals surface area contributed by atoms with Crippen molar-refractivity contribution in [2.24, 2.45) is 21.5 Å². The van der Waals surface area contributed by atoms with Crippen molar-refractivity contribution < 1.29 is 9.47 Å². The van der Waals surface area contributed by atoms with Gasteiger partial charge in [-0.05, 0) is 47.2 Å². The molecule has 0 saturated heterocycles. The Balaban J connectivity index is 2.22. The van der Waals surface area contributed by atoms with E-state index in [1.165, 1.54) is 0 Å². The first kappa shape index (κ1) is 21.1. The fourth-order valence-electron chi connectivity index (χ4n) is 3.75. The van der Waals surface area contributed by atoms with Crippen molar-refractivity contribution in [3.05, 3.63) is 58.1 Å². The first-order chi connectivity index (χ1) is 13.8. The summed E-state index contributed by atoms with van der Waals surface area (Å²) in [6.07, 6.45) is 1.58. The summed E-state index contributed by atoms with van der Waals surface area (Å²) in [6, 6.07) is 11.6. The van der Waals surface area contributed by atoms with Crippen molar-refractivity contribution in [2.45, 2.75) is 37.9 Å². The van der Waals surface area contributed by atoms with Crippen LogP contribution in [-0.2, 0) is 11.8 Å². The zero-order valence-electron chi connectivity index (χ0n) is 17.1. The number of hydrogen-bond donors (Lipinski definition) is 2. The molecule has 154 valence electrons. The standard InChI is InChI=1S/C22H27ClN4O2/c1-13(2)15-10-19(29-4)18(28-3)9-14(15)11-22(12-26-21(25)27-20(22)24)16-7-5-6-8-17(16)23/h5-10,12-13,21H,11,25H2,1-4H3,(H2,24,27). The van der Waals surface area contributed by atoms with Gasteiger partial charge < -0.3 is 15.2 Å². The van der Waals surface area contributed by atoms with Crippen molar-refractivity contribution in [1.29, 1.82) is 0 Å². The molecule has 0 fully saturated rings. The number of rotatable bonds is 6. The Morgan fingerprint density at radius 3 is 2.38 bits per heavy atom. The van der Waals surface area contributed by atoms with Crippen molar-refractivity contribution >= 4 is 23.7 Å². The van der Waals surface area contributed by atoms with E-state index in [1.807, 2.05) is 36.4 Å². The number of benzene rings is 2. The van der Waals surface area contributed by atoms with Crippen LogP contribution in [0, 0.1) is 0 Å². The van der Waals surface area contributed by atoms with Crippen LogP contribution in [0.5, 0.6) is 11.5 Å². The highest BCUT2D eigenvalue weighted by Gasteiger charge is 2.40. The molecule has 0 bridgehead atoms. The molecule has 29 heavy (non-hydrogen) atoms. The van der Waals surface area contributed by atoms with Gasteiger partial charge in [0.1, 0.15) is 5.84 Å². The van der Waals surface area contributed by atoms with Gasteiger partial charge in [-0.25, -0.2) is 4.99 Å². The van der Waals surface area contributed by atoms with Gasteiger partial charge in [0.15, 0.2) is 17.8 Å². The van der Waals surface area contributed by atoms with Gasteiger partial charge >= 0.3 is 0 Å². The lowest BCUT2D eigenvalue weighted by Crippen LogP contribution is -2.49. The number of methoxy groups -OCH3 is 2. The van der Waals surface area contributed by atoms with Crippen LogP contribution in [0.1, 0.15) is 36.5 Å². The number of nitrogens with two attached hydrogens (primary N) is 2. The summed E-state index contributed by atoms with van der Waals surface area (Å²) in [7, 11) is 3.25. The van der Waals surface area contributed by atoms with Gasteiger partial charge in [0.2, 0.25) is 0 Å². The van der Waals surface area contributed by atoms with E-state index in [0.717, 1.165) is 16.7 Å². The minimum Gasteiger partial charge on any atom is -0.493 e. The van der Waals surface area contributed by atoms with Gasteiger partial charge in [-0.2, -0.15) is 0 Å². The molecule has 0 amide bonds. The number of hydrogen-bond acceptors (Lipinski definition) is 6. The highest BCUT2D eigenvalue weighted by Crippen LogP contribution is 2.40. The summed E-state index contributed by atoms with van der Waals surface area (Å²) in [6.45, 7) is 4.27. The maximum atomic E-state index is 6.58. The summed E-state index contributed by atoms with van der Waals surface area (Å²) in [5, 5.41) is 0.596. The van der Waals surface area contributed by atoms with Crippen LogP contribution < -0.4 is 20.9 Å². The van der Waals surface area contributed by atoms with Gasteiger partial charge in [-0.15, -0.1) is 0 Å². The minimum atomic E-state index is -0.808. The highest BCUT2D eigenvalue weighted by atomic mass is 35.5. The van der Waals surface area contributed by atoms with Crippen LogP contribution in [0.25, 0.3) is 0 Å². The van der Waals surface area contributed by atoms with Crippen molar-refractivity contribution in [3.8, 4) is 11.5 Å². The van der Waals surface area contributed by atoms with E-state index in [0.29, 0.717) is 28.8 Å². The van der Waals surface area contributed by atoms with Gasteiger partial charge in [-0.1, -0.05) is 43.6 Å². The van der Waals surface area contributed by atoms with E-state index in [1.54, 1.807) is 20.4 Å². The highest BCUT2D eigenvalue weighted by molar-refractivity contribution is 6.32. The van der Waals surface area contributed by atoms with Crippen molar-refractivity contribution in [3.63, 3.8) is 0 Å². The van der Waals surface area contributed by atoms with E-state index < -0.39 is 11.7 Å². The predicted molar refractivity (Wildman–Crippen MR) is 119 cm³/mol. The Hall–Kier alpha value is -2.57. The SMILES string of the molecule is COc1cc(CC2(c3ccccc3Cl)C=NC(N)N=C2N)c(C(C)C)cc1OC. The molecule has 0 aromatic heterocycles. The van der Waals surface area contributed by atoms with E-state index in [2.05, 4.69) is 23.8 Å². The second-order valence-electron chi connectivity index (χ2n) is 7.39. The fraction of sp³-hybridized carbons (Fsp3) is 0.364. The second kappa shape index (κ2) is 8.43. The molecule has 2 unspecified atom stereocenters. The molecule has 0 spiro atoms. The molecule has 0 aliphatic carbocycles. The van der Waals surface area contributed by atoms with Gasteiger partial charge in [0, 0.05) is 11.2 Å². The molecular weight excluding hydrogens is 388 g/mol. The minimum absolute atomic E-state index is 0.258. The molecule has 1 aliphatic rings. The number of ether oxygens (including phenoxy) is 2. The molecule has 6 nitrogen and oxygen atoms in total. The van der Waals surface area contributed by atoms with Gasteiger partial charge in [0.25, 0.3) is 0 Å². The van der Waals surface area contributed by atoms with Gasteiger partial charge in [0.05, 0.1) is 19.6 Å². The Morgan fingerprint density at radius 1 is 1.14 bits per heavy atom. The van der Waals surface area contributed by atoms with Crippen LogP contribution in [0.2, 0.25) is 5.02 Å². The molecule has 2 aromatic rings. The maximum Gasteiger partial charge on any atom is 0.192 e. The number of aliphatic imine (C=N–C) groups is 2. The molecule has 1 aliphatic heterocycles. The summed E-state index contributed by atoms with van der Waals surface area (Å²) in [5.41, 5.74) is 14.6. The molecule has 4 N–H and O–H groups in total. The Labute approximate surface area is 176 Å². The largest absolute Gasteiger partial charge is 0.493 e. The van der Waals surface area contributed by atoms with E-state index in [9.17, 15) is 0 Å². The summed E-state index contributed by atoms with van der Waals surface area (Å²) in [4.78, 5) is 8.73. The lowest BCUT2D eigenvalue weighted by atomic mass is 9.73. The quantitative estimate of drug-likeness (QED) is 0.754. The zero-order valence-corrected chi connectivity index (χ0v) is 17.9. The average molecular weight is 415 g/mol. The first-order valence-electron chi connectivity index (χ1n) is 9.46. The third kappa shape index (κ3) is 3.95. The molecule has 0 saturated carbocycles. The second-order valence-corrected chi connectivity index (χ2v) is 7.80. The van der Waals surface area contributed by atoms with Crippen molar-refractivity contribution in [1.82, 2.24) is 0 Å². The topological polar surface area (TPSA) is 95.2 Å². The normalized spacial score (nSPS) is 21.2. The molecule has 2 atom stereocenters. The monoisotopic (exact) mass is 414 g/mol. The van der Waals surface area contributed by atoms with E-state index in [4.69, 9.17) is 32.5 Å². The van der Waals surface area contributed by atoms with Crippen LogP contribution in [0.4, 0.5) is 0 Å². The van der Waals surface area contributed by atoms with Crippen LogP contribution in [0.3, 0.4) is 0 Å². The van der Waals surface area contributed by atoms with Crippen LogP contribution in [0.15, 0.2) is 46.4 Å². The smallest absolute Gasteiger partial charge is 0.192 e. The third-order valence-corrected chi connectivity index (χ3v) is 5.60. The summed E-state index contributed by atoms with van der Waals surface area (Å²) >= 11 is 6.58. The first-order valence-corrected chi connectivity index (χ1v) is 9.83. The molecule has 2 aromatic carbocycles. The van der Waals surface area contributed by atoms with Gasteiger partial charge in [-0.3, -0.25) is 10.7 Å². The number of amidine groups is 1. The molecule has 3 rings (SSSR count). The Morgan fingerprint density at radius 2 is 1.79 bits per heavy atom. The zero-order chi connectivity index (χ0) is 21.2. The maximum absolute atomic E-state index is 6.58. The molecule has 7 heteroatoms. The summed E-state index contributed by atoms with van der Waals surface area (Å²) in [5.74, 6) is 1.99. The lowest BCUT2D eigenvalue weighted by Gasteiger charge is -2.35. The fourth-order valence-corrected chi connectivity index (χ4v) is 4.05. The number of nitrogens with zero attached hydrogens (tertiary/aromatic N) is 2. The van der Waals surface area contributed by atoms with Crippen LogP contribution in [-0.4, -0.2) is 32.6 Å². The van der Waals surface area contributed by atoms with Crippen molar-refractivity contribution in [2.75, 3.05) is 14.2 Å². The third-order valence-electron chi connectivity index (χ3n) is 5.27. The predicted octanol–water partition coefficient (Wildman–Crippen LogP) is 3.65. The van der Waals surface area contributed by atoms with Crippen LogP contribution >= 0.6 is 11.6 Å². The molecule has 0 radical (unpaired) electrons. The lowest BCUT2D eigenvalue weighted by molar-refractivity contribution is 0.353. The Kier molecular flexibility index (Phi) is 6.15. The molecule has 1 heterocycles. The Bertz CT molecular complexity index is 958.